The average Bonchev–Trinajstić information content (AvgIpc) is 3.49. The fourth-order valence-electron chi connectivity index (χ4n) is 4.15. The van der Waals surface area contributed by atoms with Gasteiger partial charge in [-0.3, -0.25) is 4.79 Å². The molecule has 0 atom stereocenters. The quantitative estimate of drug-likeness (QED) is 0.339. The van der Waals surface area contributed by atoms with Crippen LogP contribution in [0.5, 0.6) is 0 Å². The van der Waals surface area contributed by atoms with E-state index in [0.29, 0.717) is 25.4 Å². The smallest absolute Gasteiger partial charge is 0.251 e. The van der Waals surface area contributed by atoms with Crippen molar-refractivity contribution in [3.05, 3.63) is 108 Å². The van der Waals surface area contributed by atoms with Gasteiger partial charge >= 0.3 is 0 Å². The molecule has 176 valence electrons. The van der Waals surface area contributed by atoms with Crippen LogP contribution in [0.2, 0.25) is 0 Å². The van der Waals surface area contributed by atoms with Crippen LogP contribution in [0.4, 0.5) is 0 Å². The molecule has 7 heteroatoms. The number of hydrogen-bond acceptors (Lipinski definition) is 4. The zero-order chi connectivity index (χ0) is 24.0. The fourth-order valence-corrected chi connectivity index (χ4v) is 4.15. The zero-order valence-corrected chi connectivity index (χ0v) is 19.6. The summed E-state index contributed by atoms with van der Waals surface area (Å²) in [6, 6.07) is 27.9. The first-order chi connectivity index (χ1) is 17.2. The zero-order valence-electron chi connectivity index (χ0n) is 19.6. The Hall–Kier alpha value is -4.23. The molecular formula is C28H27N5O2. The summed E-state index contributed by atoms with van der Waals surface area (Å²) in [6.07, 6.45) is 1.84. The molecule has 2 aromatic heterocycles. The minimum absolute atomic E-state index is 0.0939. The molecule has 0 bridgehead atoms. The molecule has 1 amide bonds. The molecule has 0 aliphatic heterocycles. The third-order valence-corrected chi connectivity index (χ3v) is 5.96. The number of para-hydroxylation sites is 1. The Labute approximate surface area is 204 Å². The molecule has 0 fully saturated rings. The molecule has 35 heavy (non-hydrogen) atoms. The van der Waals surface area contributed by atoms with E-state index < -0.39 is 0 Å². The van der Waals surface area contributed by atoms with Crippen molar-refractivity contribution in [3.63, 3.8) is 0 Å². The van der Waals surface area contributed by atoms with Gasteiger partial charge in [-0.15, -0.1) is 5.10 Å². The molecule has 0 aliphatic carbocycles. The van der Waals surface area contributed by atoms with Crippen molar-refractivity contribution < 1.29 is 9.53 Å². The number of nitrogens with one attached hydrogen (secondary N) is 1. The largest absolute Gasteiger partial charge is 0.355 e. The lowest BCUT2D eigenvalue weighted by atomic mass is 10.1. The first kappa shape index (κ1) is 22.6. The molecule has 3 aromatic carbocycles. The lowest BCUT2D eigenvalue weighted by Gasteiger charge is -2.10. The summed E-state index contributed by atoms with van der Waals surface area (Å²) in [5.41, 5.74) is 5.71. The number of rotatable bonds is 9. The van der Waals surface area contributed by atoms with Crippen LogP contribution >= 0.6 is 0 Å². The Kier molecular flexibility index (Phi) is 6.68. The van der Waals surface area contributed by atoms with Gasteiger partial charge in [-0.1, -0.05) is 65.9 Å². The predicted molar refractivity (Wildman–Crippen MR) is 136 cm³/mol. The standard InChI is InChI=1S/C28H27N5O2/c1-21-17-25-9-5-6-10-27(25)33(21)16-15-29-28(34)24-13-11-23(12-14-24)26-18-32(31-30-26)20-35-19-22-7-3-2-4-8-22/h2-14,17-18H,15-16,19-20H2,1H3,(H,29,34). The molecule has 7 nitrogen and oxygen atoms in total. The summed E-state index contributed by atoms with van der Waals surface area (Å²) in [5.74, 6) is -0.0939. The Bertz CT molecular complexity index is 1420. The third-order valence-electron chi connectivity index (χ3n) is 5.96. The van der Waals surface area contributed by atoms with Crippen LogP contribution in [0.3, 0.4) is 0 Å². The van der Waals surface area contributed by atoms with Gasteiger partial charge < -0.3 is 14.6 Å². The number of amides is 1. The Morgan fingerprint density at radius 1 is 0.971 bits per heavy atom. The maximum Gasteiger partial charge on any atom is 0.251 e. The molecule has 2 heterocycles. The van der Waals surface area contributed by atoms with E-state index in [1.165, 1.54) is 16.6 Å². The second-order valence-electron chi connectivity index (χ2n) is 8.44. The van der Waals surface area contributed by atoms with Crippen LogP contribution < -0.4 is 5.32 Å². The predicted octanol–water partition coefficient (Wildman–Crippen LogP) is 4.81. The Morgan fingerprint density at radius 3 is 2.57 bits per heavy atom. The molecule has 0 spiro atoms. The monoisotopic (exact) mass is 465 g/mol. The fraction of sp³-hybridized carbons (Fsp3) is 0.179. The number of fused-ring (bicyclic) bond motifs is 1. The summed E-state index contributed by atoms with van der Waals surface area (Å²) in [5, 5.41) is 12.6. The van der Waals surface area contributed by atoms with Gasteiger partial charge in [0.2, 0.25) is 0 Å². The Morgan fingerprint density at radius 2 is 1.74 bits per heavy atom. The molecular weight excluding hydrogens is 438 g/mol. The first-order valence-corrected chi connectivity index (χ1v) is 11.6. The van der Waals surface area contributed by atoms with Crippen LogP contribution in [-0.4, -0.2) is 32.0 Å². The summed E-state index contributed by atoms with van der Waals surface area (Å²) < 4.78 is 9.59. The van der Waals surface area contributed by atoms with E-state index in [4.69, 9.17) is 4.74 Å². The van der Waals surface area contributed by atoms with Crippen LogP contribution in [-0.2, 0) is 24.6 Å². The molecule has 0 aliphatic rings. The minimum Gasteiger partial charge on any atom is -0.355 e. The first-order valence-electron chi connectivity index (χ1n) is 11.6. The highest BCUT2D eigenvalue weighted by Gasteiger charge is 2.09. The van der Waals surface area contributed by atoms with Crippen LogP contribution in [0.1, 0.15) is 21.6 Å². The van der Waals surface area contributed by atoms with Crippen LogP contribution in [0, 0.1) is 6.92 Å². The number of ether oxygens (including phenoxy) is 1. The van der Waals surface area contributed by atoms with Crippen molar-refractivity contribution in [2.45, 2.75) is 26.8 Å². The van der Waals surface area contributed by atoms with Crippen molar-refractivity contribution in [1.29, 1.82) is 0 Å². The van der Waals surface area contributed by atoms with Gasteiger partial charge in [-0.2, -0.15) is 0 Å². The highest BCUT2D eigenvalue weighted by molar-refractivity contribution is 5.94. The van der Waals surface area contributed by atoms with Crippen molar-refractivity contribution in [3.8, 4) is 11.3 Å². The van der Waals surface area contributed by atoms with E-state index >= 15 is 0 Å². The Balaban J connectivity index is 1.14. The second kappa shape index (κ2) is 10.4. The number of aryl methyl sites for hydroxylation is 1. The van der Waals surface area contributed by atoms with Gasteiger partial charge in [0, 0.05) is 35.4 Å². The van der Waals surface area contributed by atoms with Crippen LogP contribution in [0.25, 0.3) is 22.2 Å². The van der Waals surface area contributed by atoms with E-state index in [9.17, 15) is 4.79 Å². The number of carbonyl (C=O) groups excluding carboxylic acids is 1. The van der Waals surface area contributed by atoms with Crippen molar-refractivity contribution >= 4 is 16.8 Å². The second-order valence-corrected chi connectivity index (χ2v) is 8.44. The molecule has 5 aromatic rings. The summed E-state index contributed by atoms with van der Waals surface area (Å²) in [4.78, 5) is 12.6. The van der Waals surface area contributed by atoms with Gasteiger partial charge in [0.15, 0.2) is 0 Å². The lowest BCUT2D eigenvalue weighted by molar-refractivity contribution is 0.0549. The maximum absolute atomic E-state index is 12.6. The van der Waals surface area contributed by atoms with Crippen molar-refractivity contribution in [1.82, 2.24) is 24.9 Å². The van der Waals surface area contributed by atoms with E-state index in [-0.39, 0.29) is 5.91 Å². The number of carbonyl (C=O) groups is 1. The molecule has 0 saturated heterocycles. The van der Waals surface area contributed by atoms with Gasteiger partial charge in [-0.25, -0.2) is 4.68 Å². The van der Waals surface area contributed by atoms with Gasteiger partial charge in [0.25, 0.3) is 5.91 Å². The number of nitrogens with zero attached hydrogens (tertiary/aromatic N) is 4. The van der Waals surface area contributed by atoms with Gasteiger partial charge in [-0.05, 0) is 42.1 Å². The number of aromatic nitrogens is 4. The number of hydrogen-bond donors (Lipinski definition) is 1. The van der Waals surface area contributed by atoms with E-state index in [1.807, 2.05) is 72.9 Å². The number of benzene rings is 3. The molecule has 0 unspecified atom stereocenters. The highest BCUT2D eigenvalue weighted by atomic mass is 16.5. The molecule has 1 N–H and O–H groups in total. The topological polar surface area (TPSA) is 74.0 Å². The third kappa shape index (κ3) is 5.31. The molecule has 0 saturated carbocycles. The van der Waals surface area contributed by atoms with E-state index in [0.717, 1.165) is 23.4 Å². The van der Waals surface area contributed by atoms with Gasteiger partial charge in [0.1, 0.15) is 12.4 Å². The SMILES string of the molecule is Cc1cc2ccccc2n1CCNC(=O)c1ccc(-c2cn(COCc3ccccc3)nn2)cc1. The highest BCUT2D eigenvalue weighted by Crippen LogP contribution is 2.19. The maximum atomic E-state index is 12.6. The van der Waals surface area contributed by atoms with Gasteiger partial charge in [0.05, 0.1) is 12.8 Å². The van der Waals surface area contributed by atoms with Crippen molar-refractivity contribution in [2.24, 2.45) is 0 Å². The molecule has 5 rings (SSSR count). The van der Waals surface area contributed by atoms with E-state index in [2.05, 4.69) is 45.3 Å². The van der Waals surface area contributed by atoms with Crippen LogP contribution in [0.15, 0.2) is 91.1 Å². The van der Waals surface area contributed by atoms with E-state index in [1.54, 1.807) is 4.68 Å². The molecule has 0 radical (unpaired) electrons. The van der Waals surface area contributed by atoms with Crippen molar-refractivity contribution in [2.75, 3.05) is 6.54 Å². The minimum atomic E-state index is -0.0939. The summed E-state index contributed by atoms with van der Waals surface area (Å²) in [7, 11) is 0. The summed E-state index contributed by atoms with van der Waals surface area (Å²) in [6.45, 7) is 4.20. The lowest BCUT2D eigenvalue weighted by Crippen LogP contribution is -2.27. The normalized spacial score (nSPS) is 11.1. The average molecular weight is 466 g/mol. The summed E-state index contributed by atoms with van der Waals surface area (Å²) >= 11 is 0.